The van der Waals surface area contributed by atoms with Gasteiger partial charge in [0.25, 0.3) is 0 Å². The summed E-state index contributed by atoms with van der Waals surface area (Å²) in [7, 11) is 0. The van der Waals surface area contributed by atoms with Crippen molar-refractivity contribution in [3.63, 3.8) is 0 Å². The summed E-state index contributed by atoms with van der Waals surface area (Å²) in [6, 6.07) is 0. The fraction of sp³-hybridized carbons (Fsp3) is 0.846. The zero-order chi connectivity index (χ0) is 14.4. The Kier molecular flexibility index (Phi) is 6.74. The molecular formula is C13H24O4S. The van der Waals surface area contributed by atoms with Gasteiger partial charge in [0, 0.05) is 10.5 Å². The topological polar surface area (TPSA) is 63.6 Å². The zero-order valence-corrected chi connectivity index (χ0v) is 12.7. The quantitative estimate of drug-likeness (QED) is 0.572. The number of rotatable bonds is 7. The lowest BCUT2D eigenvalue weighted by Gasteiger charge is -2.29. The summed E-state index contributed by atoms with van der Waals surface area (Å²) in [5.41, 5.74) is -1.41. The molecule has 0 aromatic rings. The number of esters is 1. The van der Waals surface area contributed by atoms with Gasteiger partial charge in [0.15, 0.2) is 5.41 Å². The lowest BCUT2D eigenvalue weighted by molar-refractivity contribution is -0.167. The fourth-order valence-electron chi connectivity index (χ4n) is 1.52. The first-order chi connectivity index (χ1) is 8.19. The maximum atomic E-state index is 12.0. The van der Waals surface area contributed by atoms with Crippen molar-refractivity contribution in [3.05, 3.63) is 0 Å². The normalized spacial score (nSPS) is 14.9. The van der Waals surface area contributed by atoms with E-state index in [1.807, 2.05) is 27.7 Å². The van der Waals surface area contributed by atoms with Crippen LogP contribution < -0.4 is 0 Å². The Morgan fingerprint density at radius 3 is 2.11 bits per heavy atom. The van der Waals surface area contributed by atoms with Crippen LogP contribution in [0.15, 0.2) is 0 Å². The lowest BCUT2D eigenvalue weighted by Crippen LogP contribution is -2.43. The van der Waals surface area contributed by atoms with Crippen molar-refractivity contribution in [1.82, 2.24) is 0 Å². The van der Waals surface area contributed by atoms with E-state index in [1.54, 1.807) is 6.92 Å². The van der Waals surface area contributed by atoms with E-state index in [0.717, 1.165) is 0 Å². The van der Waals surface area contributed by atoms with E-state index in [0.29, 0.717) is 12.8 Å². The minimum Gasteiger partial charge on any atom is -0.480 e. The van der Waals surface area contributed by atoms with Crippen molar-refractivity contribution in [2.24, 2.45) is 5.41 Å². The van der Waals surface area contributed by atoms with Crippen LogP contribution >= 0.6 is 11.8 Å². The van der Waals surface area contributed by atoms with E-state index < -0.39 is 17.4 Å². The van der Waals surface area contributed by atoms with E-state index >= 15 is 0 Å². The summed E-state index contributed by atoms with van der Waals surface area (Å²) < 4.78 is 4.87. The van der Waals surface area contributed by atoms with E-state index in [4.69, 9.17) is 4.74 Å². The second-order valence-corrected chi connectivity index (χ2v) is 7.06. The molecule has 5 heteroatoms. The third kappa shape index (κ3) is 4.88. The molecule has 18 heavy (non-hydrogen) atoms. The highest BCUT2D eigenvalue weighted by molar-refractivity contribution is 8.00. The molecule has 1 N–H and O–H groups in total. The predicted octanol–water partition coefficient (Wildman–Crippen LogP) is 2.95. The molecule has 0 spiro atoms. The fourth-order valence-corrected chi connectivity index (χ4v) is 2.59. The molecule has 0 fully saturated rings. The molecule has 0 amide bonds. The molecular weight excluding hydrogens is 252 g/mol. The van der Waals surface area contributed by atoms with Gasteiger partial charge in [0.1, 0.15) is 0 Å². The van der Waals surface area contributed by atoms with Gasteiger partial charge in [-0.25, -0.2) is 0 Å². The van der Waals surface area contributed by atoms with E-state index in [-0.39, 0.29) is 17.1 Å². The minimum atomic E-state index is -1.41. The average Bonchev–Trinajstić information content (AvgIpc) is 2.22. The van der Waals surface area contributed by atoms with Crippen molar-refractivity contribution in [2.75, 3.05) is 12.4 Å². The first-order valence-electron chi connectivity index (χ1n) is 6.24. The highest BCUT2D eigenvalue weighted by Crippen LogP contribution is 2.36. The zero-order valence-electron chi connectivity index (χ0n) is 11.9. The van der Waals surface area contributed by atoms with Crippen LogP contribution in [-0.4, -0.2) is 34.2 Å². The molecule has 0 radical (unpaired) electrons. The molecule has 0 bridgehead atoms. The van der Waals surface area contributed by atoms with Crippen LogP contribution in [0.2, 0.25) is 0 Å². The first-order valence-corrected chi connectivity index (χ1v) is 7.22. The Morgan fingerprint density at radius 2 is 1.78 bits per heavy atom. The summed E-state index contributed by atoms with van der Waals surface area (Å²) in [6.45, 7) is 9.77. The van der Waals surface area contributed by atoms with Gasteiger partial charge >= 0.3 is 11.9 Å². The third-order valence-corrected chi connectivity index (χ3v) is 4.01. The molecule has 0 aliphatic carbocycles. The van der Waals surface area contributed by atoms with Gasteiger partial charge in [0.05, 0.1) is 6.61 Å². The van der Waals surface area contributed by atoms with Gasteiger partial charge in [-0.15, -0.1) is 0 Å². The molecule has 1 unspecified atom stereocenters. The number of thioether (sulfide) groups is 1. The van der Waals surface area contributed by atoms with Crippen LogP contribution in [0.3, 0.4) is 0 Å². The number of carboxylic acid groups (broad SMARTS) is 1. The number of carbonyl (C=O) groups excluding carboxylic acids is 1. The van der Waals surface area contributed by atoms with Crippen LogP contribution in [0, 0.1) is 5.41 Å². The monoisotopic (exact) mass is 276 g/mol. The maximum Gasteiger partial charge on any atom is 0.324 e. The van der Waals surface area contributed by atoms with E-state index in [9.17, 15) is 14.7 Å². The maximum absolute atomic E-state index is 12.0. The third-order valence-electron chi connectivity index (χ3n) is 2.50. The summed E-state index contributed by atoms with van der Waals surface area (Å²) in [4.78, 5) is 23.5. The number of hydrogen-bond acceptors (Lipinski definition) is 4. The van der Waals surface area contributed by atoms with Crippen molar-refractivity contribution in [3.8, 4) is 0 Å². The van der Waals surface area contributed by atoms with Gasteiger partial charge in [-0.05, 0) is 13.3 Å². The second-order valence-electron chi connectivity index (χ2n) is 5.26. The van der Waals surface area contributed by atoms with Crippen LogP contribution in [0.1, 0.15) is 47.5 Å². The molecule has 0 aromatic heterocycles. The van der Waals surface area contributed by atoms with Gasteiger partial charge in [-0.1, -0.05) is 34.1 Å². The minimum absolute atomic E-state index is 0.0824. The summed E-state index contributed by atoms with van der Waals surface area (Å²) in [6.07, 6.45) is 0.945. The number of ether oxygens (including phenoxy) is 1. The molecule has 0 aromatic carbocycles. The number of carbonyl (C=O) groups is 2. The van der Waals surface area contributed by atoms with Gasteiger partial charge in [-0.2, -0.15) is 11.8 Å². The van der Waals surface area contributed by atoms with Crippen molar-refractivity contribution < 1.29 is 19.4 Å². The molecule has 0 rings (SSSR count). The molecule has 0 saturated heterocycles. The van der Waals surface area contributed by atoms with Crippen molar-refractivity contribution in [2.45, 2.75) is 52.2 Å². The Morgan fingerprint density at radius 1 is 1.22 bits per heavy atom. The van der Waals surface area contributed by atoms with Gasteiger partial charge in [-0.3, -0.25) is 9.59 Å². The number of aliphatic carboxylic acids is 1. The Balaban J connectivity index is 5.09. The van der Waals surface area contributed by atoms with Crippen LogP contribution in [0.4, 0.5) is 0 Å². The Labute approximate surface area is 113 Å². The molecule has 4 nitrogen and oxygen atoms in total. The van der Waals surface area contributed by atoms with Crippen LogP contribution in [0.25, 0.3) is 0 Å². The Hall–Kier alpha value is -0.710. The highest BCUT2D eigenvalue weighted by atomic mass is 32.2. The number of hydrogen-bond donors (Lipinski definition) is 1. The van der Waals surface area contributed by atoms with Crippen molar-refractivity contribution >= 4 is 23.7 Å². The van der Waals surface area contributed by atoms with E-state index in [2.05, 4.69) is 0 Å². The van der Waals surface area contributed by atoms with Gasteiger partial charge < -0.3 is 9.84 Å². The molecule has 0 aliphatic heterocycles. The standard InChI is InChI=1S/C13H24O4S/c1-6-8-13(10(14)15,11(16)17-7-2)9-18-12(3,4)5/h6-9H2,1-5H3,(H,14,15). The molecule has 0 aliphatic rings. The largest absolute Gasteiger partial charge is 0.480 e. The molecule has 0 saturated carbocycles. The summed E-state index contributed by atoms with van der Waals surface area (Å²) >= 11 is 1.48. The molecule has 106 valence electrons. The van der Waals surface area contributed by atoms with Crippen LogP contribution in [-0.2, 0) is 14.3 Å². The predicted molar refractivity (Wildman–Crippen MR) is 73.8 cm³/mol. The average molecular weight is 276 g/mol. The lowest BCUT2D eigenvalue weighted by atomic mass is 9.85. The summed E-state index contributed by atoms with van der Waals surface area (Å²) in [5.74, 6) is -1.45. The van der Waals surface area contributed by atoms with Gasteiger partial charge in [0.2, 0.25) is 0 Å². The first kappa shape index (κ1) is 17.3. The SMILES string of the molecule is CCCC(CSC(C)(C)C)(C(=O)O)C(=O)OCC. The molecule has 1 atom stereocenters. The second kappa shape index (κ2) is 7.02. The van der Waals surface area contributed by atoms with Crippen LogP contribution in [0.5, 0.6) is 0 Å². The Bertz CT molecular complexity index is 296. The molecule has 0 heterocycles. The highest BCUT2D eigenvalue weighted by Gasteiger charge is 2.47. The van der Waals surface area contributed by atoms with Crippen molar-refractivity contribution in [1.29, 1.82) is 0 Å². The number of carboxylic acids is 1. The van der Waals surface area contributed by atoms with E-state index in [1.165, 1.54) is 11.8 Å². The smallest absolute Gasteiger partial charge is 0.324 e. The summed E-state index contributed by atoms with van der Waals surface area (Å²) in [5, 5.41) is 9.43.